The van der Waals surface area contributed by atoms with Crippen molar-refractivity contribution in [2.24, 2.45) is 0 Å². The van der Waals surface area contributed by atoms with Gasteiger partial charge in [-0.3, -0.25) is 0 Å². The van der Waals surface area contributed by atoms with Crippen LogP contribution >= 0.6 is 0 Å². The van der Waals surface area contributed by atoms with E-state index < -0.39 is 11.7 Å². The highest BCUT2D eigenvalue weighted by Crippen LogP contribution is 2.32. The number of benzene rings is 2. The summed E-state index contributed by atoms with van der Waals surface area (Å²) in [4.78, 5) is 25.2. The van der Waals surface area contributed by atoms with Crippen LogP contribution in [0.3, 0.4) is 0 Å². The maximum atomic E-state index is 13.1. The number of ether oxygens (including phenoxy) is 1. The molecule has 0 spiro atoms. The summed E-state index contributed by atoms with van der Waals surface area (Å²) in [6.07, 6.45) is -4.44. The molecule has 4 rings (SSSR count). The van der Waals surface area contributed by atoms with Gasteiger partial charge in [-0.1, -0.05) is 18.2 Å². The number of anilines is 2. The summed E-state index contributed by atoms with van der Waals surface area (Å²) in [5.74, 6) is 1.50. The number of carbonyl (C=O) groups is 1. The second kappa shape index (κ2) is 9.58. The van der Waals surface area contributed by atoms with Crippen molar-refractivity contribution in [2.45, 2.75) is 13.1 Å². The van der Waals surface area contributed by atoms with Gasteiger partial charge in [0.1, 0.15) is 11.6 Å². The minimum atomic E-state index is -4.44. The van der Waals surface area contributed by atoms with Gasteiger partial charge < -0.3 is 19.9 Å². The van der Waals surface area contributed by atoms with E-state index >= 15 is 0 Å². The van der Waals surface area contributed by atoms with Crippen LogP contribution in [0, 0.1) is 6.92 Å². The SMILES string of the molecule is COc1cccc(NC(=O)N2CCN(c3cc(C)nc(-c4cccc(C(F)(F)F)c4)n3)CC2)c1. The van der Waals surface area contributed by atoms with Crippen molar-refractivity contribution in [2.75, 3.05) is 43.5 Å². The van der Waals surface area contributed by atoms with Crippen molar-refractivity contribution in [3.05, 3.63) is 65.9 Å². The zero-order valence-electron chi connectivity index (χ0n) is 18.8. The molecule has 1 aliphatic heterocycles. The Balaban J connectivity index is 1.44. The quantitative estimate of drug-likeness (QED) is 0.590. The Morgan fingerprint density at radius 1 is 1.00 bits per heavy atom. The minimum absolute atomic E-state index is 0.212. The molecule has 0 saturated carbocycles. The molecule has 2 aromatic carbocycles. The highest BCUT2D eigenvalue weighted by Gasteiger charge is 2.31. The predicted octanol–water partition coefficient (Wildman–Crippen LogP) is 4.83. The van der Waals surface area contributed by atoms with Crippen LogP contribution in [0.4, 0.5) is 29.5 Å². The van der Waals surface area contributed by atoms with Crippen LogP contribution in [0.1, 0.15) is 11.3 Å². The minimum Gasteiger partial charge on any atom is -0.497 e. The number of hydrogen-bond acceptors (Lipinski definition) is 5. The molecular formula is C24H24F3N5O2. The van der Waals surface area contributed by atoms with Gasteiger partial charge in [-0.15, -0.1) is 0 Å². The average molecular weight is 471 g/mol. The fraction of sp³-hybridized carbons (Fsp3) is 0.292. The van der Waals surface area contributed by atoms with Crippen LogP contribution in [-0.4, -0.2) is 54.2 Å². The number of rotatable bonds is 4. The van der Waals surface area contributed by atoms with E-state index in [1.54, 1.807) is 55.3 Å². The van der Waals surface area contributed by atoms with Crippen molar-refractivity contribution in [3.63, 3.8) is 0 Å². The maximum Gasteiger partial charge on any atom is 0.416 e. The van der Waals surface area contributed by atoms with E-state index in [0.29, 0.717) is 54.7 Å². The number of halogens is 3. The Bertz CT molecular complexity index is 1180. The van der Waals surface area contributed by atoms with Gasteiger partial charge in [0.15, 0.2) is 5.82 Å². The van der Waals surface area contributed by atoms with Crippen LogP contribution in [0.25, 0.3) is 11.4 Å². The number of nitrogens with zero attached hydrogens (tertiary/aromatic N) is 4. The third kappa shape index (κ3) is 5.38. The highest BCUT2D eigenvalue weighted by molar-refractivity contribution is 5.89. The second-order valence-corrected chi connectivity index (χ2v) is 7.91. The normalized spacial score (nSPS) is 14.1. The van der Waals surface area contributed by atoms with Gasteiger partial charge in [-0.25, -0.2) is 14.8 Å². The van der Waals surface area contributed by atoms with Gasteiger partial charge >= 0.3 is 12.2 Å². The van der Waals surface area contributed by atoms with Gasteiger partial charge in [-0.2, -0.15) is 13.2 Å². The number of aromatic nitrogens is 2. The Morgan fingerprint density at radius 3 is 2.44 bits per heavy atom. The number of aryl methyl sites for hydroxylation is 1. The topological polar surface area (TPSA) is 70.6 Å². The molecule has 0 bridgehead atoms. The number of carbonyl (C=O) groups excluding carboxylic acids is 1. The molecule has 1 N–H and O–H groups in total. The molecule has 0 radical (unpaired) electrons. The summed E-state index contributed by atoms with van der Waals surface area (Å²) in [5.41, 5.74) is 0.850. The molecular weight excluding hydrogens is 447 g/mol. The molecule has 0 unspecified atom stereocenters. The van der Waals surface area contributed by atoms with E-state index in [-0.39, 0.29) is 11.9 Å². The number of nitrogens with one attached hydrogen (secondary N) is 1. The van der Waals surface area contributed by atoms with E-state index in [4.69, 9.17) is 4.74 Å². The van der Waals surface area contributed by atoms with Gasteiger partial charge in [0.05, 0.1) is 12.7 Å². The third-order valence-electron chi connectivity index (χ3n) is 5.50. The lowest BCUT2D eigenvalue weighted by atomic mass is 10.1. The monoisotopic (exact) mass is 471 g/mol. The molecule has 7 nitrogen and oxygen atoms in total. The van der Waals surface area contributed by atoms with Gasteiger partial charge in [0.2, 0.25) is 0 Å². The Kier molecular flexibility index (Phi) is 6.58. The van der Waals surface area contributed by atoms with Crippen LogP contribution < -0.4 is 15.0 Å². The first-order valence-corrected chi connectivity index (χ1v) is 10.7. The Morgan fingerprint density at radius 2 is 1.74 bits per heavy atom. The van der Waals surface area contributed by atoms with Crippen molar-refractivity contribution in [1.82, 2.24) is 14.9 Å². The average Bonchev–Trinajstić information content (AvgIpc) is 2.83. The number of alkyl halides is 3. The molecule has 1 aromatic heterocycles. The second-order valence-electron chi connectivity index (χ2n) is 7.91. The number of urea groups is 1. The molecule has 2 heterocycles. The number of hydrogen-bond donors (Lipinski definition) is 1. The van der Waals surface area contributed by atoms with Crippen LogP contribution in [-0.2, 0) is 6.18 Å². The number of amides is 2. The Hall–Kier alpha value is -3.82. The van der Waals surface area contributed by atoms with Gasteiger partial charge in [-0.05, 0) is 31.2 Å². The molecule has 10 heteroatoms. The zero-order chi connectivity index (χ0) is 24.3. The first-order chi connectivity index (χ1) is 16.2. The lowest BCUT2D eigenvalue weighted by Gasteiger charge is -2.35. The molecule has 2 amide bonds. The summed E-state index contributed by atoms with van der Waals surface area (Å²) >= 11 is 0. The largest absolute Gasteiger partial charge is 0.497 e. The molecule has 0 aliphatic carbocycles. The van der Waals surface area contributed by atoms with E-state index in [0.717, 1.165) is 12.1 Å². The van der Waals surface area contributed by atoms with Crippen molar-refractivity contribution in [1.29, 1.82) is 0 Å². The third-order valence-corrected chi connectivity index (χ3v) is 5.50. The fourth-order valence-electron chi connectivity index (χ4n) is 3.72. The predicted molar refractivity (Wildman–Crippen MR) is 123 cm³/mol. The smallest absolute Gasteiger partial charge is 0.416 e. The molecule has 3 aromatic rings. The van der Waals surface area contributed by atoms with E-state index in [1.807, 2.05) is 4.90 Å². The number of piperazine rings is 1. The van der Waals surface area contributed by atoms with Crippen molar-refractivity contribution < 1.29 is 22.7 Å². The highest BCUT2D eigenvalue weighted by atomic mass is 19.4. The Labute approximate surface area is 195 Å². The molecule has 0 atom stereocenters. The van der Waals surface area contributed by atoms with Gasteiger partial charge in [0, 0.05) is 55.3 Å². The van der Waals surface area contributed by atoms with Crippen LogP contribution in [0.5, 0.6) is 5.75 Å². The van der Waals surface area contributed by atoms with E-state index in [2.05, 4.69) is 15.3 Å². The summed E-state index contributed by atoms with van der Waals surface area (Å²) < 4.78 is 44.5. The first kappa shape index (κ1) is 23.3. The standard InChI is InChI=1S/C24H24F3N5O2/c1-16-13-21(30-22(28-16)17-5-3-6-18(14-17)24(25,26)27)31-9-11-32(12-10-31)23(33)29-19-7-4-8-20(15-19)34-2/h3-8,13-15H,9-12H2,1-2H3,(H,29,33). The maximum absolute atomic E-state index is 13.1. The molecule has 34 heavy (non-hydrogen) atoms. The van der Waals surface area contributed by atoms with Crippen molar-refractivity contribution in [3.8, 4) is 17.1 Å². The lowest BCUT2D eigenvalue weighted by molar-refractivity contribution is -0.137. The van der Waals surface area contributed by atoms with Crippen LogP contribution in [0.15, 0.2) is 54.6 Å². The van der Waals surface area contributed by atoms with Crippen molar-refractivity contribution >= 4 is 17.5 Å². The van der Waals surface area contributed by atoms with E-state index in [1.165, 1.54) is 6.07 Å². The van der Waals surface area contributed by atoms with Gasteiger partial charge in [0.25, 0.3) is 0 Å². The fourth-order valence-corrected chi connectivity index (χ4v) is 3.72. The summed E-state index contributed by atoms with van der Waals surface area (Å²) in [7, 11) is 1.56. The molecule has 1 fully saturated rings. The summed E-state index contributed by atoms with van der Waals surface area (Å²) in [6, 6.07) is 13.7. The molecule has 1 aliphatic rings. The first-order valence-electron chi connectivity index (χ1n) is 10.7. The summed E-state index contributed by atoms with van der Waals surface area (Å²) in [6.45, 7) is 3.78. The number of methoxy groups -OCH3 is 1. The molecule has 178 valence electrons. The lowest BCUT2D eigenvalue weighted by Crippen LogP contribution is -2.50. The summed E-state index contributed by atoms with van der Waals surface area (Å²) in [5, 5.41) is 2.87. The zero-order valence-corrected chi connectivity index (χ0v) is 18.8. The molecule has 1 saturated heterocycles. The van der Waals surface area contributed by atoms with Crippen LogP contribution in [0.2, 0.25) is 0 Å². The van der Waals surface area contributed by atoms with E-state index in [9.17, 15) is 18.0 Å².